The van der Waals surface area contributed by atoms with Crippen molar-refractivity contribution in [3.05, 3.63) is 24.3 Å². The van der Waals surface area contributed by atoms with Gasteiger partial charge >= 0.3 is 0 Å². The van der Waals surface area contributed by atoms with Crippen molar-refractivity contribution >= 4 is 0 Å². The molecule has 0 heterocycles. The lowest BCUT2D eigenvalue weighted by molar-refractivity contribution is 0.702. The standard InChI is InChI=1S/C11H14/c1-2-4-6-8-10-11-9-7-5-3-1/h1-4H,5,7,9-11H2/b3-1+,4-2-. The highest BCUT2D eigenvalue weighted by Gasteiger charge is 1.85. The van der Waals surface area contributed by atoms with E-state index in [2.05, 4.69) is 24.0 Å². The zero-order valence-electron chi connectivity index (χ0n) is 6.84. The molecule has 0 bridgehead atoms. The second-order valence-electron chi connectivity index (χ2n) is 2.71. The molecule has 1 rings (SSSR count). The van der Waals surface area contributed by atoms with E-state index in [0.717, 1.165) is 6.42 Å². The fourth-order valence-electron chi connectivity index (χ4n) is 1.06. The average molecular weight is 146 g/mol. The molecule has 0 atom stereocenters. The molecule has 1 aliphatic rings. The molecule has 0 radical (unpaired) electrons. The fraction of sp³-hybridized carbons (Fsp3) is 0.455. The molecule has 11 heavy (non-hydrogen) atoms. The Morgan fingerprint density at radius 3 is 3.00 bits per heavy atom. The average Bonchev–Trinajstić information content (AvgIpc) is 2.08. The summed E-state index contributed by atoms with van der Waals surface area (Å²) in [5, 5.41) is 0. The number of hydrogen-bond acceptors (Lipinski definition) is 0. The third-order valence-corrected chi connectivity index (χ3v) is 1.70. The van der Waals surface area contributed by atoms with E-state index in [1.54, 1.807) is 0 Å². The number of rotatable bonds is 0. The molecule has 58 valence electrons. The molecule has 0 aliphatic heterocycles. The van der Waals surface area contributed by atoms with Gasteiger partial charge in [0.15, 0.2) is 0 Å². The fourth-order valence-corrected chi connectivity index (χ4v) is 1.06. The molecule has 0 fully saturated rings. The summed E-state index contributed by atoms with van der Waals surface area (Å²) in [7, 11) is 0. The second kappa shape index (κ2) is 5.80. The molecule has 0 aromatic carbocycles. The molecule has 0 saturated carbocycles. The second-order valence-corrected chi connectivity index (χ2v) is 2.71. The van der Waals surface area contributed by atoms with Gasteiger partial charge in [0.05, 0.1) is 0 Å². The molecule has 0 unspecified atom stereocenters. The maximum Gasteiger partial charge on any atom is 0.00922 e. The Hall–Kier alpha value is -0.960. The molecule has 0 spiro atoms. The third-order valence-electron chi connectivity index (χ3n) is 1.70. The Balaban J connectivity index is 2.41. The monoisotopic (exact) mass is 146 g/mol. The smallest absolute Gasteiger partial charge is 0.00922 e. The summed E-state index contributed by atoms with van der Waals surface area (Å²) < 4.78 is 0. The van der Waals surface area contributed by atoms with E-state index in [0.29, 0.717) is 0 Å². The van der Waals surface area contributed by atoms with Crippen LogP contribution in [0.25, 0.3) is 0 Å². The zero-order valence-corrected chi connectivity index (χ0v) is 6.84. The van der Waals surface area contributed by atoms with Crippen LogP contribution in [0.1, 0.15) is 32.1 Å². The van der Waals surface area contributed by atoms with Crippen molar-refractivity contribution in [2.75, 3.05) is 0 Å². The molecule has 1 aliphatic carbocycles. The first-order valence-corrected chi connectivity index (χ1v) is 4.30. The van der Waals surface area contributed by atoms with Gasteiger partial charge in [-0.15, -0.1) is 0 Å². The largest absolute Gasteiger partial charge is 0.0985 e. The van der Waals surface area contributed by atoms with Crippen LogP contribution >= 0.6 is 0 Å². The summed E-state index contributed by atoms with van der Waals surface area (Å²) in [6.45, 7) is 0. The van der Waals surface area contributed by atoms with E-state index in [1.807, 2.05) is 12.2 Å². The van der Waals surface area contributed by atoms with Gasteiger partial charge in [-0.05, 0) is 25.3 Å². The summed E-state index contributed by atoms with van der Waals surface area (Å²) in [4.78, 5) is 0. The van der Waals surface area contributed by atoms with Crippen molar-refractivity contribution in [2.24, 2.45) is 0 Å². The maximum absolute atomic E-state index is 3.11. The van der Waals surface area contributed by atoms with E-state index < -0.39 is 0 Å². The maximum atomic E-state index is 3.11. The Kier molecular flexibility index (Phi) is 4.29. The van der Waals surface area contributed by atoms with Gasteiger partial charge < -0.3 is 0 Å². The van der Waals surface area contributed by atoms with Crippen LogP contribution in [0, 0.1) is 11.8 Å². The van der Waals surface area contributed by atoms with Gasteiger partial charge in [0, 0.05) is 6.42 Å². The summed E-state index contributed by atoms with van der Waals surface area (Å²) in [6.07, 6.45) is 14.4. The minimum absolute atomic E-state index is 1.06. The van der Waals surface area contributed by atoms with Gasteiger partial charge in [-0.3, -0.25) is 0 Å². The van der Waals surface area contributed by atoms with Crippen molar-refractivity contribution in [2.45, 2.75) is 32.1 Å². The molecule has 0 aromatic rings. The number of hydrogen-bond donors (Lipinski definition) is 0. The van der Waals surface area contributed by atoms with Crippen molar-refractivity contribution < 1.29 is 0 Å². The van der Waals surface area contributed by atoms with E-state index >= 15 is 0 Å². The van der Waals surface area contributed by atoms with Crippen molar-refractivity contribution in [1.29, 1.82) is 0 Å². The van der Waals surface area contributed by atoms with Crippen LogP contribution in [-0.2, 0) is 0 Å². The van der Waals surface area contributed by atoms with Crippen LogP contribution in [0.5, 0.6) is 0 Å². The number of allylic oxidation sites excluding steroid dienone is 4. The van der Waals surface area contributed by atoms with E-state index in [-0.39, 0.29) is 0 Å². The van der Waals surface area contributed by atoms with Gasteiger partial charge in [0.1, 0.15) is 0 Å². The predicted octanol–water partition coefficient (Wildman–Crippen LogP) is 3.07. The molecule has 0 nitrogen and oxygen atoms in total. The lowest BCUT2D eigenvalue weighted by Gasteiger charge is -1.92. The zero-order chi connectivity index (χ0) is 7.78. The summed E-state index contributed by atoms with van der Waals surface area (Å²) >= 11 is 0. The van der Waals surface area contributed by atoms with Crippen LogP contribution in [0.2, 0.25) is 0 Å². The van der Waals surface area contributed by atoms with Gasteiger partial charge in [-0.1, -0.05) is 36.5 Å². The molecular weight excluding hydrogens is 132 g/mol. The van der Waals surface area contributed by atoms with Crippen LogP contribution in [0.3, 0.4) is 0 Å². The van der Waals surface area contributed by atoms with Gasteiger partial charge in [-0.25, -0.2) is 0 Å². The van der Waals surface area contributed by atoms with Crippen LogP contribution in [-0.4, -0.2) is 0 Å². The molecule has 0 N–H and O–H groups in total. The van der Waals surface area contributed by atoms with Crippen LogP contribution < -0.4 is 0 Å². The van der Waals surface area contributed by atoms with Gasteiger partial charge in [0.2, 0.25) is 0 Å². The first-order valence-electron chi connectivity index (χ1n) is 4.30. The lowest BCUT2D eigenvalue weighted by Crippen LogP contribution is -1.74. The lowest BCUT2D eigenvalue weighted by atomic mass is 10.1. The Bertz CT molecular complexity index is 198. The predicted molar refractivity (Wildman–Crippen MR) is 49.1 cm³/mol. The topological polar surface area (TPSA) is 0 Å². The Morgan fingerprint density at radius 1 is 1.00 bits per heavy atom. The van der Waals surface area contributed by atoms with E-state index in [9.17, 15) is 0 Å². The summed E-state index contributed by atoms with van der Waals surface area (Å²) in [5.74, 6) is 6.11. The molecule has 0 heteroatoms. The van der Waals surface area contributed by atoms with Gasteiger partial charge in [0.25, 0.3) is 0 Å². The first kappa shape index (κ1) is 8.14. The van der Waals surface area contributed by atoms with Gasteiger partial charge in [-0.2, -0.15) is 0 Å². The quantitative estimate of drug-likeness (QED) is 0.461. The SMILES string of the molecule is C1#CCCCCC/C=C/C=C\1. The molecular formula is C11H14. The summed E-state index contributed by atoms with van der Waals surface area (Å²) in [6, 6.07) is 0. The highest BCUT2D eigenvalue weighted by molar-refractivity contribution is 5.19. The van der Waals surface area contributed by atoms with E-state index in [1.165, 1.54) is 25.7 Å². The van der Waals surface area contributed by atoms with Crippen molar-refractivity contribution in [3.8, 4) is 11.8 Å². The first-order chi connectivity index (χ1) is 5.50. The minimum atomic E-state index is 1.06. The molecule has 0 amide bonds. The minimum Gasteiger partial charge on any atom is -0.0985 e. The van der Waals surface area contributed by atoms with Crippen LogP contribution in [0.15, 0.2) is 24.3 Å². The normalized spacial score (nSPS) is 24.0. The molecule has 0 aromatic heterocycles. The highest BCUT2D eigenvalue weighted by atomic mass is 13.9. The highest BCUT2D eigenvalue weighted by Crippen LogP contribution is 2.03. The third kappa shape index (κ3) is 4.44. The van der Waals surface area contributed by atoms with E-state index in [4.69, 9.17) is 0 Å². The van der Waals surface area contributed by atoms with Crippen molar-refractivity contribution in [3.63, 3.8) is 0 Å². The van der Waals surface area contributed by atoms with Crippen molar-refractivity contribution in [1.82, 2.24) is 0 Å². The Labute approximate surface area is 69.0 Å². The Morgan fingerprint density at radius 2 is 2.00 bits per heavy atom. The molecule has 0 saturated heterocycles. The summed E-state index contributed by atoms with van der Waals surface area (Å²) in [5.41, 5.74) is 0. The van der Waals surface area contributed by atoms with Crippen LogP contribution in [0.4, 0.5) is 0 Å².